The number of aliphatic carboxylic acids is 1. The molecule has 0 saturated heterocycles. The number of aromatic nitrogens is 2. The van der Waals surface area contributed by atoms with Crippen LogP contribution in [0.5, 0.6) is 0 Å². The topological polar surface area (TPSA) is 130 Å². The summed E-state index contributed by atoms with van der Waals surface area (Å²) in [5, 5.41) is 14.4. The Morgan fingerprint density at radius 3 is 2.68 bits per heavy atom. The Balaban J connectivity index is 1.91. The van der Waals surface area contributed by atoms with E-state index in [0.29, 0.717) is 24.2 Å². The van der Waals surface area contributed by atoms with E-state index in [0.717, 1.165) is 5.56 Å². The van der Waals surface area contributed by atoms with Crippen LogP contribution in [0.2, 0.25) is 0 Å². The molecule has 0 fully saturated rings. The summed E-state index contributed by atoms with van der Waals surface area (Å²) in [5.41, 5.74) is 7.34. The summed E-state index contributed by atoms with van der Waals surface area (Å²) in [5.74, 6) is -0.587. The third-order valence-electron chi connectivity index (χ3n) is 3.63. The lowest BCUT2D eigenvalue weighted by atomic mass is 10.0. The minimum absolute atomic E-state index is 0.0166. The van der Waals surface area contributed by atoms with Crippen LogP contribution in [0.4, 0.5) is 10.6 Å². The molecule has 8 nitrogen and oxygen atoms in total. The molecule has 1 atom stereocenters. The van der Waals surface area contributed by atoms with E-state index in [1.165, 1.54) is 12.5 Å². The first-order chi connectivity index (χ1) is 12.0. The van der Waals surface area contributed by atoms with Gasteiger partial charge in [-0.3, -0.25) is 4.79 Å². The number of carboxylic acid groups (broad SMARTS) is 1. The summed E-state index contributed by atoms with van der Waals surface area (Å²) in [6.07, 6.45) is 3.75. The van der Waals surface area contributed by atoms with E-state index in [9.17, 15) is 9.59 Å². The molecule has 132 valence electrons. The average Bonchev–Trinajstić information content (AvgIpc) is 2.60. The number of carbonyl (C=O) groups is 2. The number of benzene rings is 1. The summed E-state index contributed by atoms with van der Waals surface area (Å²) in [6, 6.07) is 8.91. The molecular weight excluding hydrogens is 322 g/mol. The molecule has 0 radical (unpaired) electrons. The van der Waals surface area contributed by atoms with Gasteiger partial charge < -0.3 is 21.5 Å². The molecule has 2 rings (SSSR count). The third kappa shape index (κ3) is 6.46. The fourth-order valence-electron chi connectivity index (χ4n) is 2.34. The van der Waals surface area contributed by atoms with E-state index in [4.69, 9.17) is 10.8 Å². The average molecular weight is 343 g/mol. The minimum Gasteiger partial charge on any atom is -0.481 e. The van der Waals surface area contributed by atoms with Crippen molar-refractivity contribution >= 4 is 17.8 Å². The van der Waals surface area contributed by atoms with Crippen molar-refractivity contribution in [3.05, 3.63) is 54.0 Å². The SMILES string of the molecule is Nc1ncncc1CNC(=O)NC(CCC(=O)O)Cc1ccccc1. The number of nitrogens with two attached hydrogens (primary N) is 1. The molecule has 0 aliphatic heterocycles. The number of carbonyl (C=O) groups excluding carboxylic acids is 1. The lowest BCUT2D eigenvalue weighted by Crippen LogP contribution is -2.43. The number of carboxylic acids is 1. The first-order valence-corrected chi connectivity index (χ1v) is 7.89. The highest BCUT2D eigenvalue weighted by Crippen LogP contribution is 2.08. The summed E-state index contributed by atoms with van der Waals surface area (Å²) in [7, 11) is 0. The maximum Gasteiger partial charge on any atom is 0.315 e. The van der Waals surface area contributed by atoms with Gasteiger partial charge in [-0.25, -0.2) is 14.8 Å². The number of nitrogens with zero attached hydrogens (tertiary/aromatic N) is 2. The number of hydrogen-bond donors (Lipinski definition) is 4. The number of nitrogen functional groups attached to an aromatic ring is 1. The quantitative estimate of drug-likeness (QED) is 0.572. The second-order valence-corrected chi connectivity index (χ2v) is 5.58. The number of amides is 2. The monoisotopic (exact) mass is 343 g/mol. The van der Waals surface area contributed by atoms with Crippen LogP contribution >= 0.6 is 0 Å². The molecule has 1 unspecified atom stereocenters. The largest absolute Gasteiger partial charge is 0.481 e. The third-order valence-corrected chi connectivity index (χ3v) is 3.63. The first kappa shape index (κ1) is 18.2. The zero-order valence-electron chi connectivity index (χ0n) is 13.7. The highest BCUT2D eigenvalue weighted by molar-refractivity contribution is 5.74. The van der Waals surface area contributed by atoms with Gasteiger partial charge in [0, 0.05) is 30.8 Å². The normalized spacial score (nSPS) is 11.5. The van der Waals surface area contributed by atoms with Gasteiger partial charge in [0.25, 0.3) is 0 Å². The van der Waals surface area contributed by atoms with E-state index in [1.807, 2.05) is 30.3 Å². The Bertz CT molecular complexity index is 708. The van der Waals surface area contributed by atoms with Crippen molar-refractivity contribution in [3.8, 4) is 0 Å². The fraction of sp³-hybridized carbons (Fsp3) is 0.294. The van der Waals surface area contributed by atoms with Gasteiger partial charge in [0.2, 0.25) is 0 Å². The van der Waals surface area contributed by atoms with Crippen LogP contribution < -0.4 is 16.4 Å². The lowest BCUT2D eigenvalue weighted by molar-refractivity contribution is -0.137. The van der Waals surface area contributed by atoms with Crippen LogP contribution in [0.1, 0.15) is 24.0 Å². The Morgan fingerprint density at radius 2 is 2.00 bits per heavy atom. The maximum atomic E-state index is 12.1. The fourth-order valence-corrected chi connectivity index (χ4v) is 2.34. The van der Waals surface area contributed by atoms with E-state index < -0.39 is 12.0 Å². The molecule has 8 heteroatoms. The van der Waals surface area contributed by atoms with Gasteiger partial charge in [0.05, 0.1) is 0 Å². The van der Waals surface area contributed by atoms with Crippen LogP contribution in [0.15, 0.2) is 42.9 Å². The molecule has 2 amide bonds. The van der Waals surface area contributed by atoms with Gasteiger partial charge in [-0.2, -0.15) is 0 Å². The number of urea groups is 1. The standard InChI is InChI=1S/C17H21N5O3/c18-16-13(9-19-11-21-16)10-20-17(25)22-14(6-7-15(23)24)8-12-4-2-1-3-5-12/h1-5,9,11,14H,6-8,10H2,(H,23,24)(H2,18,19,21)(H2,20,22,25). The number of anilines is 1. The Hall–Kier alpha value is -3.16. The summed E-state index contributed by atoms with van der Waals surface area (Å²) in [6.45, 7) is 0.190. The lowest BCUT2D eigenvalue weighted by Gasteiger charge is -2.19. The van der Waals surface area contributed by atoms with E-state index in [-0.39, 0.29) is 19.0 Å². The van der Waals surface area contributed by atoms with Gasteiger partial charge in [-0.15, -0.1) is 0 Å². The molecule has 25 heavy (non-hydrogen) atoms. The van der Waals surface area contributed by atoms with Gasteiger partial charge in [-0.1, -0.05) is 30.3 Å². The molecule has 0 aliphatic carbocycles. The van der Waals surface area contributed by atoms with Crippen molar-refractivity contribution in [2.24, 2.45) is 0 Å². The Labute approximate surface area is 145 Å². The zero-order valence-corrected chi connectivity index (χ0v) is 13.7. The van der Waals surface area contributed by atoms with Crippen LogP contribution in [-0.2, 0) is 17.8 Å². The molecule has 2 aromatic rings. The molecule has 1 aromatic heterocycles. The van der Waals surface area contributed by atoms with Gasteiger partial charge >= 0.3 is 12.0 Å². The number of nitrogens with one attached hydrogen (secondary N) is 2. The molecular formula is C17H21N5O3. The summed E-state index contributed by atoms with van der Waals surface area (Å²) < 4.78 is 0. The van der Waals surface area contributed by atoms with E-state index in [2.05, 4.69) is 20.6 Å². The van der Waals surface area contributed by atoms with Crippen LogP contribution in [-0.4, -0.2) is 33.1 Å². The molecule has 1 aromatic carbocycles. The van der Waals surface area contributed by atoms with Crippen molar-refractivity contribution in [2.75, 3.05) is 5.73 Å². The van der Waals surface area contributed by atoms with Gasteiger partial charge in [0.1, 0.15) is 12.1 Å². The highest BCUT2D eigenvalue weighted by Gasteiger charge is 2.15. The van der Waals surface area contributed by atoms with E-state index >= 15 is 0 Å². The Morgan fingerprint density at radius 1 is 1.24 bits per heavy atom. The highest BCUT2D eigenvalue weighted by atomic mass is 16.4. The van der Waals surface area contributed by atoms with Gasteiger partial charge in [0.15, 0.2) is 0 Å². The minimum atomic E-state index is -0.894. The molecule has 5 N–H and O–H groups in total. The summed E-state index contributed by atoms with van der Waals surface area (Å²) >= 11 is 0. The van der Waals surface area contributed by atoms with Crippen molar-refractivity contribution in [2.45, 2.75) is 31.8 Å². The maximum absolute atomic E-state index is 12.1. The molecule has 0 aliphatic rings. The second kappa shape index (κ2) is 9.21. The summed E-state index contributed by atoms with van der Waals surface area (Å²) in [4.78, 5) is 30.7. The van der Waals surface area contributed by atoms with Gasteiger partial charge in [-0.05, 0) is 18.4 Å². The number of hydrogen-bond acceptors (Lipinski definition) is 5. The van der Waals surface area contributed by atoms with Crippen molar-refractivity contribution < 1.29 is 14.7 Å². The van der Waals surface area contributed by atoms with Crippen molar-refractivity contribution in [3.63, 3.8) is 0 Å². The second-order valence-electron chi connectivity index (χ2n) is 5.58. The molecule has 0 saturated carbocycles. The predicted molar refractivity (Wildman–Crippen MR) is 92.6 cm³/mol. The first-order valence-electron chi connectivity index (χ1n) is 7.89. The zero-order chi connectivity index (χ0) is 18.1. The predicted octanol–water partition coefficient (Wildman–Crippen LogP) is 1.33. The van der Waals surface area contributed by atoms with Crippen LogP contribution in [0, 0.1) is 0 Å². The van der Waals surface area contributed by atoms with Crippen molar-refractivity contribution in [1.82, 2.24) is 20.6 Å². The smallest absolute Gasteiger partial charge is 0.315 e. The molecule has 1 heterocycles. The van der Waals surface area contributed by atoms with Crippen LogP contribution in [0.25, 0.3) is 0 Å². The molecule has 0 spiro atoms. The van der Waals surface area contributed by atoms with Crippen LogP contribution in [0.3, 0.4) is 0 Å². The van der Waals surface area contributed by atoms with E-state index in [1.54, 1.807) is 0 Å². The number of rotatable bonds is 8. The molecule has 0 bridgehead atoms. The Kier molecular flexibility index (Phi) is 6.70. The van der Waals surface area contributed by atoms with Crippen molar-refractivity contribution in [1.29, 1.82) is 0 Å².